The van der Waals surface area contributed by atoms with Crippen molar-refractivity contribution in [3.63, 3.8) is 0 Å². The molecule has 1 N–H and O–H groups in total. The molecule has 0 saturated heterocycles. The Morgan fingerprint density at radius 3 is 3.00 bits per heavy atom. The second kappa shape index (κ2) is 7.54. The highest BCUT2D eigenvalue weighted by molar-refractivity contribution is 5.57. The molecule has 106 valence electrons. The summed E-state index contributed by atoms with van der Waals surface area (Å²) in [6.45, 7) is 9.31. The Kier molecular flexibility index (Phi) is 5.71. The first kappa shape index (κ1) is 14.4. The quantitative estimate of drug-likeness (QED) is 0.720. The molecule has 1 aromatic rings. The average molecular weight is 260 g/mol. The summed E-state index contributed by atoms with van der Waals surface area (Å²) in [6, 6.07) is 8.83. The van der Waals surface area contributed by atoms with E-state index in [-0.39, 0.29) is 0 Å². The van der Waals surface area contributed by atoms with Crippen LogP contribution < -0.4 is 10.2 Å². The van der Waals surface area contributed by atoms with E-state index in [0.29, 0.717) is 0 Å². The van der Waals surface area contributed by atoms with Crippen LogP contribution in [0.15, 0.2) is 24.3 Å². The number of benzene rings is 1. The van der Waals surface area contributed by atoms with Crippen LogP contribution in [-0.4, -0.2) is 26.2 Å². The monoisotopic (exact) mass is 260 g/mol. The van der Waals surface area contributed by atoms with E-state index < -0.39 is 0 Å². The minimum Gasteiger partial charge on any atom is -0.371 e. The number of nitrogens with one attached hydrogen (secondary N) is 1. The molecule has 1 unspecified atom stereocenters. The van der Waals surface area contributed by atoms with Crippen molar-refractivity contribution in [1.82, 2.24) is 5.32 Å². The van der Waals surface area contributed by atoms with Gasteiger partial charge in [0.2, 0.25) is 0 Å². The Morgan fingerprint density at radius 2 is 2.16 bits per heavy atom. The maximum Gasteiger partial charge on any atom is 0.0399 e. The normalized spacial score (nSPS) is 15.6. The largest absolute Gasteiger partial charge is 0.371 e. The minimum absolute atomic E-state index is 0.817. The molecular formula is C17H28N2. The van der Waals surface area contributed by atoms with Gasteiger partial charge in [0.15, 0.2) is 0 Å². The summed E-state index contributed by atoms with van der Waals surface area (Å²) in [6.07, 6.45) is 5.10. The van der Waals surface area contributed by atoms with Gasteiger partial charge in [-0.05, 0) is 49.9 Å². The van der Waals surface area contributed by atoms with Crippen LogP contribution in [0.2, 0.25) is 0 Å². The molecule has 1 aliphatic heterocycles. The molecule has 0 radical (unpaired) electrons. The molecule has 1 heterocycles. The van der Waals surface area contributed by atoms with Gasteiger partial charge in [0.05, 0.1) is 0 Å². The van der Waals surface area contributed by atoms with Crippen LogP contribution in [0, 0.1) is 5.92 Å². The maximum absolute atomic E-state index is 3.59. The maximum atomic E-state index is 3.59. The zero-order chi connectivity index (χ0) is 13.5. The standard InChI is InChI=1S/C17H28N2/c1-3-7-15(2)14-18-11-6-12-19-13-10-16-8-4-5-9-17(16)19/h4-5,8-9,15,18H,3,6-7,10-14H2,1-2H3. The lowest BCUT2D eigenvalue weighted by atomic mass is 10.1. The molecule has 0 bridgehead atoms. The van der Waals surface area contributed by atoms with Crippen LogP contribution in [0.3, 0.4) is 0 Å². The Bertz CT molecular complexity index is 375. The molecule has 1 aromatic carbocycles. The number of fused-ring (bicyclic) bond motifs is 1. The van der Waals surface area contributed by atoms with Gasteiger partial charge in [-0.3, -0.25) is 0 Å². The van der Waals surface area contributed by atoms with Gasteiger partial charge in [-0.2, -0.15) is 0 Å². The molecule has 0 spiro atoms. The number of rotatable bonds is 8. The predicted octanol–water partition coefficient (Wildman–Crippen LogP) is 3.47. The molecule has 0 fully saturated rings. The first-order valence-corrected chi connectivity index (χ1v) is 7.85. The van der Waals surface area contributed by atoms with E-state index in [9.17, 15) is 0 Å². The summed E-state index contributed by atoms with van der Waals surface area (Å²) < 4.78 is 0. The first-order chi connectivity index (χ1) is 9.31. The van der Waals surface area contributed by atoms with Gasteiger partial charge in [0.25, 0.3) is 0 Å². The smallest absolute Gasteiger partial charge is 0.0399 e. The highest BCUT2D eigenvalue weighted by atomic mass is 15.1. The van der Waals surface area contributed by atoms with Gasteiger partial charge in [-0.25, -0.2) is 0 Å². The SMILES string of the molecule is CCCC(C)CNCCCN1CCc2ccccc21. The lowest BCUT2D eigenvalue weighted by molar-refractivity contribution is 0.473. The fraction of sp³-hybridized carbons (Fsp3) is 0.647. The highest BCUT2D eigenvalue weighted by Crippen LogP contribution is 2.27. The molecule has 2 nitrogen and oxygen atoms in total. The van der Waals surface area contributed by atoms with Crippen molar-refractivity contribution in [2.75, 3.05) is 31.1 Å². The van der Waals surface area contributed by atoms with E-state index in [0.717, 1.165) is 12.5 Å². The van der Waals surface area contributed by atoms with Gasteiger partial charge in [0.1, 0.15) is 0 Å². The topological polar surface area (TPSA) is 15.3 Å². The van der Waals surface area contributed by atoms with Crippen molar-refractivity contribution in [3.05, 3.63) is 29.8 Å². The van der Waals surface area contributed by atoms with Crippen molar-refractivity contribution in [1.29, 1.82) is 0 Å². The number of para-hydroxylation sites is 1. The molecule has 19 heavy (non-hydrogen) atoms. The zero-order valence-corrected chi connectivity index (χ0v) is 12.5. The lowest BCUT2D eigenvalue weighted by Gasteiger charge is -2.19. The second-order valence-electron chi connectivity index (χ2n) is 5.82. The van der Waals surface area contributed by atoms with Crippen LogP contribution in [-0.2, 0) is 6.42 Å². The average Bonchev–Trinajstić information content (AvgIpc) is 2.82. The van der Waals surface area contributed by atoms with Crippen molar-refractivity contribution >= 4 is 5.69 Å². The van der Waals surface area contributed by atoms with Crippen molar-refractivity contribution in [2.45, 2.75) is 39.5 Å². The molecular weight excluding hydrogens is 232 g/mol. The van der Waals surface area contributed by atoms with Crippen LogP contribution in [0.1, 0.15) is 38.7 Å². The van der Waals surface area contributed by atoms with Crippen LogP contribution in [0.25, 0.3) is 0 Å². The van der Waals surface area contributed by atoms with Crippen LogP contribution in [0.4, 0.5) is 5.69 Å². The van der Waals surface area contributed by atoms with E-state index in [1.807, 2.05) is 0 Å². The zero-order valence-electron chi connectivity index (χ0n) is 12.5. The van der Waals surface area contributed by atoms with E-state index >= 15 is 0 Å². The third-order valence-corrected chi connectivity index (χ3v) is 4.04. The molecule has 0 amide bonds. The number of anilines is 1. The number of hydrogen-bond acceptors (Lipinski definition) is 2. The van der Waals surface area contributed by atoms with Crippen molar-refractivity contribution < 1.29 is 0 Å². The van der Waals surface area contributed by atoms with Crippen molar-refractivity contribution in [3.8, 4) is 0 Å². The molecule has 2 rings (SSSR count). The van der Waals surface area contributed by atoms with Crippen LogP contribution in [0.5, 0.6) is 0 Å². The molecule has 1 atom stereocenters. The lowest BCUT2D eigenvalue weighted by Crippen LogP contribution is -2.27. The van der Waals surface area contributed by atoms with Crippen LogP contribution >= 0.6 is 0 Å². The molecule has 0 aromatic heterocycles. The fourth-order valence-corrected chi connectivity index (χ4v) is 2.98. The van der Waals surface area contributed by atoms with E-state index in [1.54, 1.807) is 0 Å². The van der Waals surface area contributed by atoms with E-state index in [4.69, 9.17) is 0 Å². The van der Waals surface area contributed by atoms with Gasteiger partial charge >= 0.3 is 0 Å². The Labute approximate surface area is 118 Å². The Hall–Kier alpha value is -1.02. The van der Waals surface area contributed by atoms with Gasteiger partial charge in [0, 0.05) is 18.8 Å². The van der Waals surface area contributed by atoms with Crippen molar-refractivity contribution in [2.24, 2.45) is 5.92 Å². The van der Waals surface area contributed by atoms with Gasteiger partial charge in [-0.15, -0.1) is 0 Å². The van der Waals surface area contributed by atoms with E-state index in [1.165, 1.54) is 56.6 Å². The summed E-state index contributed by atoms with van der Waals surface area (Å²) in [7, 11) is 0. The molecule has 1 aliphatic rings. The highest BCUT2D eigenvalue weighted by Gasteiger charge is 2.17. The summed E-state index contributed by atoms with van der Waals surface area (Å²) in [5.74, 6) is 0.817. The van der Waals surface area contributed by atoms with Gasteiger partial charge < -0.3 is 10.2 Å². The molecule has 2 heteroatoms. The fourth-order valence-electron chi connectivity index (χ4n) is 2.98. The van der Waals surface area contributed by atoms with E-state index in [2.05, 4.69) is 48.3 Å². The number of nitrogens with zero attached hydrogens (tertiary/aromatic N) is 1. The summed E-state index contributed by atoms with van der Waals surface area (Å²) in [4.78, 5) is 2.53. The molecule has 0 saturated carbocycles. The Morgan fingerprint density at radius 1 is 1.32 bits per heavy atom. The Balaban J connectivity index is 1.62. The summed E-state index contributed by atoms with van der Waals surface area (Å²) in [5, 5.41) is 3.59. The number of hydrogen-bond donors (Lipinski definition) is 1. The third-order valence-electron chi connectivity index (χ3n) is 4.04. The third kappa shape index (κ3) is 4.24. The summed E-state index contributed by atoms with van der Waals surface area (Å²) in [5.41, 5.74) is 2.98. The summed E-state index contributed by atoms with van der Waals surface area (Å²) >= 11 is 0. The molecule has 0 aliphatic carbocycles. The van der Waals surface area contributed by atoms with Gasteiger partial charge in [-0.1, -0.05) is 38.5 Å². The second-order valence-corrected chi connectivity index (χ2v) is 5.82. The predicted molar refractivity (Wildman–Crippen MR) is 83.9 cm³/mol. The first-order valence-electron chi connectivity index (χ1n) is 7.85. The minimum atomic E-state index is 0.817.